The molecular weight excluding hydrogens is 318 g/mol. The van der Waals surface area contributed by atoms with Crippen LogP contribution in [0.15, 0.2) is 18.2 Å². The van der Waals surface area contributed by atoms with Crippen LogP contribution in [-0.4, -0.2) is 44.6 Å². The van der Waals surface area contributed by atoms with Crippen LogP contribution < -0.4 is 20.3 Å². The van der Waals surface area contributed by atoms with Crippen molar-refractivity contribution < 1.29 is 19.2 Å². The third-order valence-corrected chi connectivity index (χ3v) is 3.17. The van der Waals surface area contributed by atoms with Crippen LogP contribution in [0, 0.1) is 0 Å². The van der Waals surface area contributed by atoms with E-state index in [1.165, 1.54) is 7.11 Å². The van der Waals surface area contributed by atoms with Crippen LogP contribution in [0.4, 0.5) is 5.69 Å². The number of quaternary nitrogens is 1. The molecule has 1 aromatic carbocycles. The normalized spacial score (nSPS) is 12.4. The lowest BCUT2D eigenvalue weighted by atomic mass is 10.1. The van der Waals surface area contributed by atoms with E-state index in [0.29, 0.717) is 16.5 Å². The number of hydrogen-bond acceptors (Lipinski definition) is 3. The molecule has 0 fully saturated rings. The van der Waals surface area contributed by atoms with Gasteiger partial charge in [0.05, 0.1) is 19.2 Å². The molecule has 1 unspecified atom stereocenters. The van der Waals surface area contributed by atoms with E-state index in [-0.39, 0.29) is 30.4 Å². The van der Waals surface area contributed by atoms with Gasteiger partial charge >= 0.3 is 0 Å². The second kappa shape index (κ2) is 8.17. The number of halogens is 1. The third-order valence-electron chi connectivity index (χ3n) is 2.87. The zero-order valence-corrected chi connectivity index (χ0v) is 15.0. The van der Waals surface area contributed by atoms with E-state index < -0.39 is 0 Å². The van der Waals surface area contributed by atoms with Gasteiger partial charge in [0, 0.05) is 11.2 Å². The van der Waals surface area contributed by atoms with Gasteiger partial charge in [-0.05, 0) is 39.0 Å². The Kier molecular flexibility index (Phi) is 6.84. The van der Waals surface area contributed by atoms with Crippen molar-refractivity contribution in [2.24, 2.45) is 0 Å². The fourth-order valence-corrected chi connectivity index (χ4v) is 2.28. The second-order valence-corrected chi connectivity index (χ2v) is 6.91. The van der Waals surface area contributed by atoms with E-state index in [0.717, 1.165) is 4.90 Å². The highest BCUT2D eigenvalue weighted by Crippen LogP contribution is 2.26. The summed E-state index contributed by atoms with van der Waals surface area (Å²) < 4.78 is 5.06. The highest BCUT2D eigenvalue weighted by atomic mass is 35.5. The van der Waals surface area contributed by atoms with Crippen molar-refractivity contribution >= 4 is 29.1 Å². The van der Waals surface area contributed by atoms with Gasteiger partial charge in [-0.1, -0.05) is 11.6 Å². The number of carbonyl (C=O) groups is 2. The summed E-state index contributed by atoms with van der Waals surface area (Å²) >= 11 is 6.01. The number of amides is 2. The Labute approximate surface area is 142 Å². The van der Waals surface area contributed by atoms with Gasteiger partial charge < -0.3 is 20.3 Å². The first-order chi connectivity index (χ1) is 10.6. The molecule has 23 heavy (non-hydrogen) atoms. The van der Waals surface area contributed by atoms with Crippen molar-refractivity contribution in [3.63, 3.8) is 0 Å². The Bertz CT molecular complexity index is 570. The molecule has 0 aliphatic heterocycles. The molecule has 7 heteroatoms. The molecule has 0 aromatic heterocycles. The molecule has 0 saturated carbocycles. The van der Waals surface area contributed by atoms with Crippen molar-refractivity contribution in [3.05, 3.63) is 23.2 Å². The first kappa shape index (κ1) is 19.3. The molecule has 1 rings (SSSR count). The average molecular weight is 343 g/mol. The van der Waals surface area contributed by atoms with Crippen molar-refractivity contribution in [1.82, 2.24) is 5.32 Å². The highest BCUT2D eigenvalue weighted by molar-refractivity contribution is 6.32. The van der Waals surface area contributed by atoms with Gasteiger partial charge in [0.2, 0.25) is 0 Å². The van der Waals surface area contributed by atoms with Gasteiger partial charge in [0.1, 0.15) is 5.75 Å². The molecule has 6 nitrogen and oxygen atoms in total. The topological polar surface area (TPSA) is 71.9 Å². The standard InChI is InChI=1S/C16H24ClN3O3/c1-16(2,3)19-15(22)10-20(4)9-14(21)18-11-6-7-13(23-5)12(17)8-11/h6-8H,9-10H2,1-5H3,(H,18,21)(H,19,22)/p+1. The first-order valence-corrected chi connectivity index (χ1v) is 7.74. The average Bonchev–Trinajstić information content (AvgIpc) is 2.35. The number of nitrogens with one attached hydrogen (secondary N) is 3. The maximum absolute atomic E-state index is 12.0. The Hall–Kier alpha value is -1.79. The minimum Gasteiger partial charge on any atom is -0.495 e. The summed E-state index contributed by atoms with van der Waals surface area (Å²) in [5, 5.41) is 6.05. The summed E-state index contributed by atoms with van der Waals surface area (Å²) in [5.74, 6) is 0.272. The number of rotatable bonds is 6. The van der Waals surface area contributed by atoms with E-state index in [2.05, 4.69) is 10.6 Å². The minimum atomic E-state index is -0.278. The molecule has 0 saturated heterocycles. The van der Waals surface area contributed by atoms with Crippen LogP contribution >= 0.6 is 11.6 Å². The number of benzene rings is 1. The lowest BCUT2D eigenvalue weighted by Crippen LogP contribution is -3.11. The molecule has 0 aliphatic carbocycles. The van der Waals surface area contributed by atoms with Gasteiger partial charge in [0.15, 0.2) is 13.1 Å². The van der Waals surface area contributed by atoms with Crippen LogP contribution in [0.1, 0.15) is 20.8 Å². The predicted molar refractivity (Wildman–Crippen MR) is 91.2 cm³/mol. The quantitative estimate of drug-likeness (QED) is 0.713. The van der Waals surface area contributed by atoms with Gasteiger partial charge in [0.25, 0.3) is 11.8 Å². The summed E-state index contributed by atoms with van der Waals surface area (Å²) in [7, 11) is 3.32. The molecule has 2 amide bonds. The van der Waals surface area contributed by atoms with Crippen molar-refractivity contribution in [2.75, 3.05) is 32.6 Å². The van der Waals surface area contributed by atoms with Crippen molar-refractivity contribution in [2.45, 2.75) is 26.3 Å². The third kappa shape index (κ3) is 7.34. The molecule has 0 spiro atoms. The molecule has 128 valence electrons. The van der Waals surface area contributed by atoms with E-state index in [4.69, 9.17) is 16.3 Å². The fraction of sp³-hybridized carbons (Fsp3) is 0.500. The summed E-state index contributed by atoms with van der Waals surface area (Å²) in [4.78, 5) is 24.6. The van der Waals surface area contributed by atoms with Gasteiger partial charge in [-0.15, -0.1) is 0 Å². The van der Waals surface area contributed by atoms with E-state index in [1.807, 2.05) is 20.8 Å². The molecule has 0 aliphatic rings. The number of anilines is 1. The van der Waals surface area contributed by atoms with Gasteiger partial charge in [-0.2, -0.15) is 0 Å². The summed E-state index contributed by atoms with van der Waals surface area (Å²) in [6.45, 7) is 6.16. The predicted octanol–water partition coefficient (Wildman–Crippen LogP) is 0.717. The highest BCUT2D eigenvalue weighted by Gasteiger charge is 2.18. The number of hydrogen-bond donors (Lipinski definition) is 3. The number of likely N-dealkylation sites (N-methyl/N-ethyl adjacent to an activating group) is 1. The maximum atomic E-state index is 12.0. The Morgan fingerprint density at radius 3 is 2.35 bits per heavy atom. The molecule has 0 radical (unpaired) electrons. The number of carbonyl (C=O) groups excluding carboxylic acids is 2. The van der Waals surface area contributed by atoms with E-state index in [1.54, 1.807) is 25.2 Å². The number of methoxy groups -OCH3 is 1. The van der Waals surface area contributed by atoms with Crippen molar-refractivity contribution in [1.29, 1.82) is 0 Å². The molecule has 1 atom stereocenters. The van der Waals surface area contributed by atoms with Crippen LogP contribution in [0.3, 0.4) is 0 Å². The minimum absolute atomic E-state index is 0.0877. The zero-order valence-electron chi connectivity index (χ0n) is 14.2. The van der Waals surface area contributed by atoms with E-state index in [9.17, 15) is 9.59 Å². The summed E-state index contributed by atoms with van der Waals surface area (Å²) in [6, 6.07) is 5.02. The Balaban J connectivity index is 2.50. The van der Waals surface area contributed by atoms with E-state index >= 15 is 0 Å². The van der Waals surface area contributed by atoms with Crippen LogP contribution in [0.5, 0.6) is 5.75 Å². The molecule has 1 aromatic rings. The molecular formula is C16H25ClN3O3+. The lowest BCUT2D eigenvalue weighted by molar-refractivity contribution is -0.862. The smallest absolute Gasteiger partial charge is 0.279 e. The number of ether oxygens (including phenoxy) is 1. The van der Waals surface area contributed by atoms with Gasteiger partial charge in [-0.25, -0.2) is 0 Å². The fourth-order valence-electron chi connectivity index (χ4n) is 2.02. The second-order valence-electron chi connectivity index (χ2n) is 6.51. The van der Waals surface area contributed by atoms with Crippen LogP contribution in [0.2, 0.25) is 5.02 Å². The van der Waals surface area contributed by atoms with Crippen LogP contribution in [-0.2, 0) is 9.59 Å². The van der Waals surface area contributed by atoms with Crippen molar-refractivity contribution in [3.8, 4) is 5.75 Å². The first-order valence-electron chi connectivity index (χ1n) is 7.36. The van der Waals surface area contributed by atoms with Gasteiger partial charge in [-0.3, -0.25) is 9.59 Å². The molecule has 3 N–H and O–H groups in total. The molecule has 0 heterocycles. The molecule has 0 bridgehead atoms. The van der Waals surface area contributed by atoms with Crippen LogP contribution in [0.25, 0.3) is 0 Å². The zero-order chi connectivity index (χ0) is 17.6. The monoisotopic (exact) mass is 342 g/mol. The maximum Gasteiger partial charge on any atom is 0.279 e. The summed E-state index contributed by atoms with van der Waals surface area (Å²) in [6.07, 6.45) is 0. The SMILES string of the molecule is COc1ccc(NC(=O)C[NH+](C)CC(=O)NC(C)(C)C)cc1Cl. The summed E-state index contributed by atoms with van der Waals surface area (Å²) in [5.41, 5.74) is 0.312. The Morgan fingerprint density at radius 2 is 1.83 bits per heavy atom. The lowest BCUT2D eigenvalue weighted by Gasteiger charge is -2.21. The largest absolute Gasteiger partial charge is 0.495 e. The Morgan fingerprint density at radius 1 is 1.22 bits per heavy atom.